The average Bonchev–Trinajstić information content (AvgIpc) is 2.94. The van der Waals surface area contributed by atoms with Crippen LogP contribution >= 0.6 is 0 Å². The third-order valence-corrected chi connectivity index (χ3v) is 3.73. The molecule has 1 atom stereocenters. The maximum atomic E-state index is 4.57. The van der Waals surface area contributed by atoms with Gasteiger partial charge < -0.3 is 14.8 Å². The Morgan fingerprint density at radius 2 is 2.28 bits per heavy atom. The number of nitrogens with one attached hydrogen (secondary N) is 1. The second-order valence-electron chi connectivity index (χ2n) is 5.33. The van der Waals surface area contributed by atoms with Gasteiger partial charge in [0.05, 0.1) is 5.69 Å². The quantitative estimate of drug-likeness (QED) is 0.841. The van der Waals surface area contributed by atoms with Crippen molar-refractivity contribution in [3.63, 3.8) is 0 Å². The normalized spacial score (nSPS) is 20.5. The summed E-state index contributed by atoms with van der Waals surface area (Å²) in [4.78, 5) is 7.09. The largest absolute Gasteiger partial charge is 0.355 e. The smallest absolute Gasteiger partial charge is 0.203 e. The van der Waals surface area contributed by atoms with E-state index in [1.165, 1.54) is 26.1 Å². The highest BCUT2D eigenvalue weighted by molar-refractivity contribution is 5.28. The summed E-state index contributed by atoms with van der Waals surface area (Å²) >= 11 is 0. The molecule has 1 aromatic rings. The number of likely N-dealkylation sites (tertiary alicyclic amines) is 1. The van der Waals surface area contributed by atoms with Crippen LogP contribution in [0.25, 0.3) is 0 Å². The van der Waals surface area contributed by atoms with Gasteiger partial charge in [0.2, 0.25) is 5.95 Å². The molecule has 0 aliphatic carbocycles. The highest BCUT2D eigenvalue weighted by Gasteiger charge is 2.21. The summed E-state index contributed by atoms with van der Waals surface area (Å²) in [5, 5.41) is 3.53. The Labute approximate surface area is 110 Å². The minimum absolute atomic E-state index is 0.775. The summed E-state index contributed by atoms with van der Waals surface area (Å²) in [6.07, 6.45) is 4.60. The fourth-order valence-corrected chi connectivity index (χ4v) is 2.70. The van der Waals surface area contributed by atoms with E-state index < -0.39 is 0 Å². The fourth-order valence-electron chi connectivity index (χ4n) is 2.70. The molecule has 1 aromatic heterocycles. The first-order valence-corrected chi connectivity index (χ1v) is 7.23. The number of hydrogen-bond donors (Lipinski definition) is 1. The first kappa shape index (κ1) is 13.4. The van der Waals surface area contributed by atoms with Gasteiger partial charge in [-0.15, -0.1) is 0 Å². The number of rotatable bonds is 6. The Morgan fingerprint density at radius 3 is 2.94 bits per heavy atom. The van der Waals surface area contributed by atoms with Gasteiger partial charge in [-0.3, -0.25) is 0 Å². The molecule has 18 heavy (non-hydrogen) atoms. The molecule has 2 heterocycles. The standard InChI is InChI=1S/C14H26N4/c1-4-7-18-10-12(3)16-14(18)15-9-13-6-8-17(5-2)11-13/h10,13H,4-9,11H2,1-3H3,(H,15,16). The topological polar surface area (TPSA) is 33.1 Å². The number of nitrogens with zero attached hydrogens (tertiary/aromatic N) is 3. The second kappa shape index (κ2) is 6.23. The van der Waals surface area contributed by atoms with Crippen LogP contribution < -0.4 is 5.32 Å². The molecule has 0 amide bonds. The van der Waals surface area contributed by atoms with Crippen molar-refractivity contribution in [1.29, 1.82) is 0 Å². The molecule has 0 spiro atoms. The number of hydrogen-bond acceptors (Lipinski definition) is 3. The van der Waals surface area contributed by atoms with Crippen LogP contribution in [0.5, 0.6) is 0 Å². The summed E-state index contributed by atoms with van der Waals surface area (Å²) in [6.45, 7) is 12.3. The van der Waals surface area contributed by atoms with E-state index in [0.717, 1.165) is 37.1 Å². The van der Waals surface area contributed by atoms with Gasteiger partial charge in [-0.25, -0.2) is 4.98 Å². The van der Waals surface area contributed by atoms with Gasteiger partial charge in [0.15, 0.2) is 0 Å². The van der Waals surface area contributed by atoms with E-state index in [0.29, 0.717) is 0 Å². The predicted octanol–water partition coefficient (Wildman–Crippen LogP) is 2.36. The lowest BCUT2D eigenvalue weighted by Gasteiger charge is -2.14. The predicted molar refractivity (Wildman–Crippen MR) is 76.0 cm³/mol. The van der Waals surface area contributed by atoms with Crippen molar-refractivity contribution in [2.75, 3.05) is 31.5 Å². The Kier molecular flexibility index (Phi) is 4.64. The van der Waals surface area contributed by atoms with Crippen molar-refractivity contribution < 1.29 is 0 Å². The molecule has 102 valence electrons. The minimum atomic E-state index is 0.775. The SMILES string of the molecule is CCCn1cc(C)nc1NCC1CCN(CC)C1. The van der Waals surface area contributed by atoms with Crippen LogP contribution in [-0.2, 0) is 6.54 Å². The molecular formula is C14H26N4. The van der Waals surface area contributed by atoms with Crippen molar-refractivity contribution in [2.45, 2.75) is 40.2 Å². The first-order chi connectivity index (χ1) is 8.72. The molecule has 2 rings (SSSR count). The van der Waals surface area contributed by atoms with Gasteiger partial charge in [0.1, 0.15) is 0 Å². The van der Waals surface area contributed by atoms with Crippen LogP contribution in [0.4, 0.5) is 5.95 Å². The van der Waals surface area contributed by atoms with Crippen molar-refractivity contribution in [1.82, 2.24) is 14.5 Å². The van der Waals surface area contributed by atoms with Crippen LogP contribution in [0.3, 0.4) is 0 Å². The maximum absolute atomic E-state index is 4.57. The zero-order chi connectivity index (χ0) is 13.0. The van der Waals surface area contributed by atoms with E-state index in [9.17, 15) is 0 Å². The fraction of sp³-hybridized carbons (Fsp3) is 0.786. The summed E-state index contributed by atoms with van der Waals surface area (Å²) < 4.78 is 2.24. The highest BCUT2D eigenvalue weighted by Crippen LogP contribution is 2.17. The molecule has 1 aliphatic heterocycles. The van der Waals surface area contributed by atoms with Crippen LogP contribution in [0.1, 0.15) is 32.4 Å². The highest BCUT2D eigenvalue weighted by atomic mass is 15.2. The van der Waals surface area contributed by atoms with Crippen molar-refractivity contribution in [3.8, 4) is 0 Å². The molecule has 1 unspecified atom stereocenters. The molecular weight excluding hydrogens is 224 g/mol. The van der Waals surface area contributed by atoms with Gasteiger partial charge in [-0.05, 0) is 38.8 Å². The summed E-state index contributed by atoms with van der Waals surface area (Å²) in [6, 6.07) is 0. The minimum Gasteiger partial charge on any atom is -0.355 e. The Hall–Kier alpha value is -1.03. The van der Waals surface area contributed by atoms with E-state index in [-0.39, 0.29) is 0 Å². The van der Waals surface area contributed by atoms with Crippen molar-refractivity contribution >= 4 is 5.95 Å². The maximum Gasteiger partial charge on any atom is 0.203 e. The van der Waals surface area contributed by atoms with Gasteiger partial charge in [-0.2, -0.15) is 0 Å². The summed E-state index contributed by atoms with van der Waals surface area (Å²) in [5.41, 5.74) is 1.10. The lowest BCUT2D eigenvalue weighted by atomic mass is 10.1. The van der Waals surface area contributed by atoms with Crippen LogP contribution in [0.2, 0.25) is 0 Å². The van der Waals surface area contributed by atoms with E-state index in [1.54, 1.807) is 0 Å². The summed E-state index contributed by atoms with van der Waals surface area (Å²) in [7, 11) is 0. The molecule has 4 heteroatoms. The second-order valence-corrected chi connectivity index (χ2v) is 5.33. The number of anilines is 1. The third kappa shape index (κ3) is 3.25. The summed E-state index contributed by atoms with van der Waals surface area (Å²) in [5.74, 6) is 1.82. The average molecular weight is 250 g/mol. The first-order valence-electron chi connectivity index (χ1n) is 7.23. The lowest BCUT2D eigenvalue weighted by Crippen LogP contribution is -2.23. The van der Waals surface area contributed by atoms with Crippen LogP contribution in [-0.4, -0.2) is 40.6 Å². The molecule has 1 aliphatic rings. The molecule has 0 aromatic carbocycles. The Bertz CT molecular complexity index is 372. The molecule has 0 radical (unpaired) electrons. The Balaban J connectivity index is 1.86. The van der Waals surface area contributed by atoms with E-state index in [1.807, 2.05) is 0 Å². The number of aryl methyl sites for hydroxylation is 2. The number of imidazole rings is 1. The van der Waals surface area contributed by atoms with Gasteiger partial charge in [0, 0.05) is 25.8 Å². The third-order valence-electron chi connectivity index (χ3n) is 3.73. The van der Waals surface area contributed by atoms with Gasteiger partial charge >= 0.3 is 0 Å². The van der Waals surface area contributed by atoms with Gasteiger partial charge in [0.25, 0.3) is 0 Å². The van der Waals surface area contributed by atoms with E-state index >= 15 is 0 Å². The molecule has 4 nitrogen and oxygen atoms in total. The molecule has 1 N–H and O–H groups in total. The monoisotopic (exact) mass is 250 g/mol. The molecule has 0 saturated carbocycles. The zero-order valence-corrected chi connectivity index (χ0v) is 11.9. The van der Waals surface area contributed by atoms with Crippen LogP contribution in [0.15, 0.2) is 6.20 Å². The molecule has 0 bridgehead atoms. The zero-order valence-electron chi connectivity index (χ0n) is 11.9. The van der Waals surface area contributed by atoms with Gasteiger partial charge in [-0.1, -0.05) is 13.8 Å². The van der Waals surface area contributed by atoms with Crippen molar-refractivity contribution in [3.05, 3.63) is 11.9 Å². The molecule has 1 saturated heterocycles. The van der Waals surface area contributed by atoms with E-state index in [4.69, 9.17) is 0 Å². The van der Waals surface area contributed by atoms with Crippen molar-refractivity contribution in [2.24, 2.45) is 5.92 Å². The van der Waals surface area contributed by atoms with Crippen LogP contribution in [0, 0.1) is 12.8 Å². The Morgan fingerprint density at radius 1 is 1.44 bits per heavy atom. The lowest BCUT2D eigenvalue weighted by molar-refractivity contribution is 0.344. The number of aromatic nitrogens is 2. The van der Waals surface area contributed by atoms with E-state index in [2.05, 4.69) is 46.7 Å². The molecule has 1 fully saturated rings.